The van der Waals surface area contributed by atoms with Gasteiger partial charge >= 0.3 is 0 Å². The van der Waals surface area contributed by atoms with Gasteiger partial charge in [-0.15, -0.1) is 0 Å². The number of rotatable bonds is 3. The molecule has 0 aromatic rings. The molecule has 0 aromatic carbocycles. The summed E-state index contributed by atoms with van der Waals surface area (Å²) in [5.41, 5.74) is 0. The van der Waals surface area contributed by atoms with E-state index in [1.54, 1.807) is 7.11 Å². The van der Waals surface area contributed by atoms with Crippen molar-refractivity contribution in [1.29, 1.82) is 0 Å². The molecular formula is C9H19NO2. The first-order valence-corrected chi connectivity index (χ1v) is 4.80. The average Bonchev–Trinajstić information content (AvgIpc) is 2.02. The summed E-state index contributed by atoms with van der Waals surface area (Å²) in [6.45, 7) is 3.60. The third kappa shape index (κ3) is 4.04. The van der Waals surface area contributed by atoms with Gasteiger partial charge in [0.2, 0.25) is 0 Å². The Morgan fingerprint density at radius 3 is 2.92 bits per heavy atom. The maximum atomic E-state index is 5.54. The van der Waals surface area contributed by atoms with E-state index in [0.29, 0.717) is 0 Å². The molecule has 3 heteroatoms. The third-order valence-electron chi connectivity index (χ3n) is 2.12. The number of hydrogen-bond acceptors (Lipinski definition) is 3. The van der Waals surface area contributed by atoms with Crippen molar-refractivity contribution < 1.29 is 9.57 Å². The molecule has 12 heavy (non-hydrogen) atoms. The normalized spacial score (nSPS) is 21.8. The summed E-state index contributed by atoms with van der Waals surface area (Å²) in [5.74, 6) is 0. The minimum atomic E-state index is 0.764. The summed E-state index contributed by atoms with van der Waals surface area (Å²) >= 11 is 0. The fraction of sp³-hybridized carbons (Fsp3) is 1.00. The van der Waals surface area contributed by atoms with Crippen molar-refractivity contribution in [2.75, 3.05) is 33.4 Å². The van der Waals surface area contributed by atoms with Gasteiger partial charge < -0.3 is 4.74 Å². The smallest absolute Gasteiger partial charge is 0.0685 e. The predicted octanol–water partition coefficient (Wildman–Crippen LogP) is 1.44. The summed E-state index contributed by atoms with van der Waals surface area (Å²) in [6.07, 6.45) is 5.11. The van der Waals surface area contributed by atoms with Crippen LogP contribution in [0.2, 0.25) is 0 Å². The van der Waals surface area contributed by atoms with Crippen LogP contribution < -0.4 is 0 Å². The van der Waals surface area contributed by atoms with Gasteiger partial charge in [-0.2, -0.15) is 5.06 Å². The van der Waals surface area contributed by atoms with E-state index in [-0.39, 0.29) is 0 Å². The van der Waals surface area contributed by atoms with Crippen LogP contribution in [0.3, 0.4) is 0 Å². The Morgan fingerprint density at radius 1 is 1.25 bits per heavy atom. The minimum absolute atomic E-state index is 0.764. The van der Waals surface area contributed by atoms with Crippen LogP contribution >= 0.6 is 0 Å². The predicted molar refractivity (Wildman–Crippen MR) is 47.9 cm³/mol. The second-order valence-corrected chi connectivity index (χ2v) is 3.17. The summed E-state index contributed by atoms with van der Waals surface area (Å²) < 4.78 is 4.99. The Bertz CT molecular complexity index is 97.9. The molecule has 1 aliphatic rings. The fourth-order valence-corrected chi connectivity index (χ4v) is 1.37. The van der Waals surface area contributed by atoms with Crippen LogP contribution in [0.25, 0.3) is 0 Å². The van der Waals surface area contributed by atoms with E-state index in [1.807, 2.05) is 5.06 Å². The lowest BCUT2D eigenvalue weighted by atomic mass is 10.2. The quantitative estimate of drug-likeness (QED) is 0.644. The van der Waals surface area contributed by atoms with Gasteiger partial charge in [-0.3, -0.25) is 4.84 Å². The molecule has 1 fully saturated rings. The largest absolute Gasteiger partial charge is 0.383 e. The first-order chi connectivity index (χ1) is 5.93. The van der Waals surface area contributed by atoms with E-state index in [4.69, 9.17) is 9.57 Å². The lowest BCUT2D eigenvalue weighted by molar-refractivity contribution is -0.170. The Labute approximate surface area is 74.6 Å². The van der Waals surface area contributed by atoms with Crippen molar-refractivity contribution >= 4 is 0 Å². The van der Waals surface area contributed by atoms with E-state index in [0.717, 1.165) is 26.3 Å². The maximum absolute atomic E-state index is 5.54. The van der Waals surface area contributed by atoms with Crippen molar-refractivity contribution in [1.82, 2.24) is 5.06 Å². The van der Waals surface area contributed by atoms with E-state index < -0.39 is 0 Å². The van der Waals surface area contributed by atoms with Crippen LogP contribution in [0.1, 0.15) is 25.7 Å². The van der Waals surface area contributed by atoms with Gasteiger partial charge in [0.25, 0.3) is 0 Å². The zero-order valence-electron chi connectivity index (χ0n) is 7.92. The lowest BCUT2D eigenvalue weighted by Gasteiger charge is -2.23. The summed E-state index contributed by atoms with van der Waals surface area (Å²) in [6, 6.07) is 0. The molecule has 0 bridgehead atoms. The standard InChI is InChI=1S/C9H19NO2/c1-11-9-7-10-6-4-2-3-5-8-12-10/h2-9H2,1H3. The van der Waals surface area contributed by atoms with Crippen molar-refractivity contribution in [2.45, 2.75) is 25.7 Å². The van der Waals surface area contributed by atoms with Gasteiger partial charge in [-0.1, -0.05) is 12.8 Å². The average molecular weight is 173 g/mol. The molecule has 3 nitrogen and oxygen atoms in total. The molecule has 72 valence electrons. The van der Waals surface area contributed by atoms with Gasteiger partial charge in [0, 0.05) is 20.2 Å². The zero-order chi connectivity index (χ0) is 8.65. The van der Waals surface area contributed by atoms with Crippen molar-refractivity contribution in [2.24, 2.45) is 0 Å². The van der Waals surface area contributed by atoms with Crippen LogP contribution in [0.4, 0.5) is 0 Å². The van der Waals surface area contributed by atoms with Gasteiger partial charge in [0.05, 0.1) is 13.2 Å². The molecule has 0 radical (unpaired) electrons. The molecule has 0 amide bonds. The highest BCUT2D eigenvalue weighted by atomic mass is 16.7. The van der Waals surface area contributed by atoms with Crippen LogP contribution in [-0.2, 0) is 9.57 Å². The highest BCUT2D eigenvalue weighted by Gasteiger charge is 2.07. The van der Waals surface area contributed by atoms with Gasteiger partial charge in [-0.25, -0.2) is 0 Å². The first-order valence-electron chi connectivity index (χ1n) is 4.80. The van der Waals surface area contributed by atoms with Crippen LogP contribution in [0, 0.1) is 0 Å². The van der Waals surface area contributed by atoms with Crippen LogP contribution in [-0.4, -0.2) is 38.5 Å². The fourth-order valence-electron chi connectivity index (χ4n) is 1.37. The van der Waals surface area contributed by atoms with Crippen molar-refractivity contribution in [3.05, 3.63) is 0 Å². The molecule has 0 aromatic heterocycles. The van der Waals surface area contributed by atoms with Crippen LogP contribution in [0.5, 0.6) is 0 Å². The molecule has 1 heterocycles. The van der Waals surface area contributed by atoms with E-state index in [1.165, 1.54) is 25.7 Å². The molecule has 0 spiro atoms. The van der Waals surface area contributed by atoms with E-state index in [9.17, 15) is 0 Å². The highest BCUT2D eigenvalue weighted by molar-refractivity contribution is 4.52. The minimum Gasteiger partial charge on any atom is -0.383 e. The SMILES string of the molecule is COCCN1CCCCCCO1. The lowest BCUT2D eigenvalue weighted by Crippen LogP contribution is -2.30. The zero-order valence-corrected chi connectivity index (χ0v) is 7.92. The van der Waals surface area contributed by atoms with E-state index in [2.05, 4.69) is 0 Å². The van der Waals surface area contributed by atoms with Crippen molar-refractivity contribution in [3.8, 4) is 0 Å². The molecule has 1 aliphatic heterocycles. The monoisotopic (exact) mass is 173 g/mol. The molecule has 1 saturated heterocycles. The molecule has 0 atom stereocenters. The summed E-state index contributed by atoms with van der Waals surface area (Å²) in [4.78, 5) is 5.54. The Morgan fingerprint density at radius 2 is 2.08 bits per heavy atom. The highest BCUT2D eigenvalue weighted by Crippen LogP contribution is 2.07. The second-order valence-electron chi connectivity index (χ2n) is 3.17. The van der Waals surface area contributed by atoms with Crippen LogP contribution in [0.15, 0.2) is 0 Å². The number of hydrogen-bond donors (Lipinski definition) is 0. The number of methoxy groups -OCH3 is 1. The molecular weight excluding hydrogens is 154 g/mol. The van der Waals surface area contributed by atoms with E-state index >= 15 is 0 Å². The number of nitrogens with zero attached hydrogens (tertiary/aromatic N) is 1. The van der Waals surface area contributed by atoms with Gasteiger partial charge in [0.1, 0.15) is 0 Å². The number of ether oxygens (including phenoxy) is 1. The molecule has 0 aliphatic carbocycles. The Hall–Kier alpha value is -0.120. The number of hydroxylamine groups is 2. The van der Waals surface area contributed by atoms with Gasteiger partial charge in [0.15, 0.2) is 0 Å². The summed E-state index contributed by atoms with van der Waals surface area (Å²) in [7, 11) is 1.73. The Kier molecular flexibility index (Phi) is 5.32. The maximum Gasteiger partial charge on any atom is 0.0685 e. The first kappa shape index (κ1) is 9.96. The topological polar surface area (TPSA) is 21.7 Å². The second kappa shape index (κ2) is 6.40. The molecule has 1 rings (SSSR count). The molecule has 0 saturated carbocycles. The summed E-state index contributed by atoms with van der Waals surface area (Å²) in [5, 5.41) is 2.03. The van der Waals surface area contributed by atoms with Crippen molar-refractivity contribution in [3.63, 3.8) is 0 Å². The molecule has 0 unspecified atom stereocenters. The Balaban J connectivity index is 2.11. The third-order valence-corrected chi connectivity index (χ3v) is 2.12. The van der Waals surface area contributed by atoms with Gasteiger partial charge in [-0.05, 0) is 12.8 Å². The molecule has 0 N–H and O–H groups in total.